The predicted molar refractivity (Wildman–Crippen MR) is 101 cm³/mol. The summed E-state index contributed by atoms with van der Waals surface area (Å²) in [6.07, 6.45) is 0.533. The number of ketones is 1. The Kier molecular flexibility index (Phi) is 4.73. The van der Waals surface area contributed by atoms with E-state index in [0.29, 0.717) is 23.4 Å². The molecule has 5 heteroatoms. The summed E-state index contributed by atoms with van der Waals surface area (Å²) < 4.78 is 1.03. The van der Waals surface area contributed by atoms with Crippen LogP contribution >= 0.6 is 22.6 Å². The first-order valence-corrected chi connectivity index (χ1v) is 8.98. The highest BCUT2D eigenvalue weighted by atomic mass is 127. The van der Waals surface area contributed by atoms with Crippen molar-refractivity contribution in [1.82, 2.24) is 0 Å². The number of Topliss-reactive ketones (excluding diaryl/α,β-unsaturated/α-hetero) is 1. The van der Waals surface area contributed by atoms with Crippen LogP contribution in [0.25, 0.3) is 0 Å². The highest BCUT2D eigenvalue weighted by molar-refractivity contribution is 14.1. The van der Waals surface area contributed by atoms with E-state index in [-0.39, 0.29) is 12.2 Å². The highest BCUT2D eigenvalue weighted by Gasteiger charge is 2.50. The molecule has 1 N–H and O–H groups in total. The van der Waals surface area contributed by atoms with Gasteiger partial charge in [0.15, 0.2) is 11.4 Å². The molecule has 0 fully saturated rings. The zero-order valence-corrected chi connectivity index (χ0v) is 15.5. The smallest absolute Gasteiger partial charge is 0.264 e. The van der Waals surface area contributed by atoms with Crippen LogP contribution in [-0.2, 0) is 10.4 Å². The number of amides is 1. The van der Waals surface area contributed by atoms with E-state index < -0.39 is 11.5 Å². The molecule has 24 heavy (non-hydrogen) atoms. The second-order valence-corrected chi connectivity index (χ2v) is 7.19. The highest BCUT2D eigenvalue weighted by Crippen LogP contribution is 2.42. The van der Waals surface area contributed by atoms with Crippen molar-refractivity contribution in [3.8, 4) is 0 Å². The number of carbonyl (C=O) groups is 2. The first-order valence-electron chi connectivity index (χ1n) is 7.90. The Balaban J connectivity index is 1.95. The summed E-state index contributed by atoms with van der Waals surface area (Å²) in [4.78, 5) is 27.0. The standard InChI is InChI=1S/C19H18INO3/c1-2-11-21-16-6-4-3-5-15(16)19(24,18(21)23)12-17(22)13-7-9-14(20)10-8-13/h3-10,24H,2,11-12H2,1H3. The van der Waals surface area contributed by atoms with Crippen LogP contribution < -0.4 is 4.90 Å². The molecule has 1 aliphatic rings. The van der Waals surface area contributed by atoms with E-state index >= 15 is 0 Å². The van der Waals surface area contributed by atoms with Gasteiger partial charge in [-0.15, -0.1) is 0 Å². The van der Waals surface area contributed by atoms with Gasteiger partial charge in [-0.25, -0.2) is 0 Å². The summed E-state index contributed by atoms with van der Waals surface area (Å²) in [5.74, 6) is -0.653. The second-order valence-electron chi connectivity index (χ2n) is 5.94. The van der Waals surface area contributed by atoms with Crippen LogP contribution in [0.5, 0.6) is 0 Å². The number of carbonyl (C=O) groups excluding carboxylic acids is 2. The van der Waals surface area contributed by atoms with E-state index in [9.17, 15) is 14.7 Å². The van der Waals surface area contributed by atoms with Gasteiger partial charge in [0.2, 0.25) is 0 Å². The van der Waals surface area contributed by atoms with Gasteiger partial charge in [-0.2, -0.15) is 0 Å². The molecular formula is C19H18INO3. The lowest BCUT2D eigenvalue weighted by Gasteiger charge is -2.22. The quantitative estimate of drug-likeness (QED) is 0.578. The van der Waals surface area contributed by atoms with Crippen LogP contribution in [0.15, 0.2) is 48.5 Å². The second kappa shape index (κ2) is 6.64. The maximum atomic E-state index is 12.8. The number of anilines is 1. The molecule has 0 aliphatic carbocycles. The van der Waals surface area contributed by atoms with Crippen molar-refractivity contribution >= 4 is 40.0 Å². The van der Waals surface area contributed by atoms with Gasteiger partial charge in [0.05, 0.1) is 12.1 Å². The summed E-state index contributed by atoms with van der Waals surface area (Å²) in [6, 6.07) is 14.3. The van der Waals surface area contributed by atoms with Gasteiger partial charge in [0.25, 0.3) is 5.91 Å². The molecule has 0 radical (unpaired) electrons. The van der Waals surface area contributed by atoms with E-state index in [2.05, 4.69) is 22.6 Å². The number of halogens is 1. The summed E-state index contributed by atoms with van der Waals surface area (Å²) in [5.41, 5.74) is -0.0705. The van der Waals surface area contributed by atoms with Crippen molar-refractivity contribution in [2.75, 3.05) is 11.4 Å². The monoisotopic (exact) mass is 435 g/mol. The Bertz CT molecular complexity index is 787. The van der Waals surface area contributed by atoms with Gasteiger partial charge in [-0.3, -0.25) is 9.59 Å². The summed E-state index contributed by atoms with van der Waals surface area (Å²) in [5, 5.41) is 11.1. The summed E-state index contributed by atoms with van der Waals surface area (Å²) >= 11 is 2.17. The van der Waals surface area contributed by atoms with Gasteiger partial charge in [-0.1, -0.05) is 37.3 Å². The molecule has 1 unspecified atom stereocenters. The number of rotatable bonds is 5. The van der Waals surface area contributed by atoms with Crippen LogP contribution in [-0.4, -0.2) is 23.3 Å². The van der Waals surface area contributed by atoms with E-state index in [1.807, 2.05) is 31.2 Å². The van der Waals surface area contributed by atoms with E-state index in [0.717, 1.165) is 9.99 Å². The van der Waals surface area contributed by atoms with E-state index in [1.54, 1.807) is 29.2 Å². The molecule has 4 nitrogen and oxygen atoms in total. The molecule has 0 spiro atoms. The maximum absolute atomic E-state index is 12.8. The number of hydrogen-bond donors (Lipinski definition) is 1. The van der Waals surface area contributed by atoms with Gasteiger partial charge < -0.3 is 10.0 Å². The normalized spacial score (nSPS) is 19.5. The molecule has 3 rings (SSSR count). The Morgan fingerprint density at radius 2 is 1.83 bits per heavy atom. The largest absolute Gasteiger partial charge is 0.375 e. The number of nitrogens with zero attached hydrogens (tertiary/aromatic N) is 1. The van der Waals surface area contributed by atoms with Crippen LogP contribution in [0.3, 0.4) is 0 Å². The molecular weight excluding hydrogens is 417 g/mol. The van der Waals surface area contributed by atoms with E-state index in [4.69, 9.17) is 0 Å². The Labute approximate surface area is 154 Å². The lowest BCUT2D eigenvalue weighted by molar-refractivity contribution is -0.135. The molecule has 0 saturated heterocycles. The molecule has 1 heterocycles. The van der Waals surface area contributed by atoms with Gasteiger partial charge in [-0.05, 0) is 47.2 Å². The van der Waals surface area contributed by atoms with Crippen LogP contribution in [0.1, 0.15) is 35.7 Å². The number of hydrogen-bond acceptors (Lipinski definition) is 3. The van der Waals surface area contributed by atoms with Gasteiger partial charge >= 0.3 is 0 Å². The van der Waals surface area contributed by atoms with Crippen molar-refractivity contribution in [1.29, 1.82) is 0 Å². The van der Waals surface area contributed by atoms with Crippen molar-refractivity contribution in [3.63, 3.8) is 0 Å². The van der Waals surface area contributed by atoms with Crippen molar-refractivity contribution in [2.45, 2.75) is 25.4 Å². The molecule has 124 valence electrons. The van der Waals surface area contributed by atoms with Crippen LogP contribution in [0.4, 0.5) is 5.69 Å². The van der Waals surface area contributed by atoms with Gasteiger partial charge in [0, 0.05) is 21.2 Å². The first kappa shape index (κ1) is 17.1. The zero-order chi connectivity index (χ0) is 17.3. The third kappa shape index (κ3) is 2.86. The lowest BCUT2D eigenvalue weighted by Crippen LogP contribution is -2.42. The van der Waals surface area contributed by atoms with Crippen LogP contribution in [0, 0.1) is 3.57 Å². The molecule has 0 saturated carbocycles. The van der Waals surface area contributed by atoms with Gasteiger partial charge in [0.1, 0.15) is 0 Å². The SMILES string of the molecule is CCCN1C(=O)C(O)(CC(=O)c2ccc(I)cc2)c2ccccc21. The summed E-state index contributed by atoms with van der Waals surface area (Å²) in [7, 11) is 0. The van der Waals surface area contributed by atoms with Crippen molar-refractivity contribution in [3.05, 3.63) is 63.2 Å². The molecule has 2 aromatic rings. The molecule has 2 aromatic carbocycles. The number of benzene rings is 2. The Morgan fingerprint density at radius 3 is 2.50 bits per heavy atom. The third-order valence-corrected chi connectivity index (χ3v) is 4.99. The third-order valence-electron chi connectivity index (χ3n) is 4.27. The number of aliphatic hydroxyl groups is 1. The molecule has 1 amide bonds. The first-order chi connectivity index (χ1) is 11.5. The average molecular weight is 435 g/mol. The minimum atomic E-state index is -1.79. The van der Waals surface area contributed by atoms with E-state index in [1.165, 1.54) is 0 Å². The fourth-order valence-corrected chi connectivity index (χ4v) is 3.45. The Morgan fingerprint density at radius 1 is 1.17 bits per heavy atom. The molecule has 1 aliphatic heterocycles. The summed E-state index contributed by atoms with van der Waals surface area (Å²) in [6.45, 7) is 2.50. The van der Waals surface area contributed by atoms with Crippen molar-refractivity contribution in [2.24, 2.45) is 0 Å². The Hall–Kier alpha value is -1.73. The minimum Gasteiger partial charge on any atom is -0.375 e. The van der Waals surface area contributed by atoms with Crippen molar-refractivity contribution < 1.29 is 14.7 Å². The molecule has 0 aromatic heterocycles. The predicted octanol–water partition coefficient (Wildman–Crippen LogP) is 3.51. The number of fused-ring (bicyclic) bond motifs is 1. The average Bonchev–Trinajstić information content (AvgIpc) is 2.78. The fraction of sp³-hybridized carbons (Fsp3) is 0.263. The molecule has 1 atom stereocenters. The number of para-hydroxylation sites is 1. The molecule has 0 bridgehead atoms. The minimum absolute atomic E-state index is 0.240. The maximum Gasteiger partial charge on any atom is 0.264 e. The fourth-order valence-electron chi connectivity index (χ4n) is 3.09. The topological polar surface area (TPSA) is 57.6 Å². The lowest BCUT2D eigenvalue weighted by atomic mass is 9.88. The zero-order valence-electron chi connectivity index (χ0n) is 13.3. The van der Waals surface area contributed by atoms with Crippen LogP contribution in [0.2, 0.25) is 0 Å².